The number of amides is 3. The number of aryl methyl sites for hydroxylation is 2. The van der Waals surface area contributed by atoms with E-state index in [1.807, 2.05) is 67.9 Å². The van der Waals surface area contributed by atoms with Crippen LogP contribution in [0.2, 0.25) is 0 Å². The van der Waals surface area contributed by atoms with Gasteiger partial charge in [0.1, 0.15) is 0 Å². The number of para-hydroxylation sites is 1. The van der Waals surface area contributed by atoms with Crippen molar-refractivity contribution in [2.24, 2.45) is 0 Å². The molecule has 0 spiro atoms. The number of nitrogens with zero attached hydrogens (tertiary/aromatic N) is 2. The molecule has 0 aliphatic carbocycles. The summed E-state index contributed by atoms with van der Waals surface area (Å²) in [6.07, 6.45) is 3.74. The summed E-state index contributed by atoms with van der Waals surface area (Å²) in [5.74, 6) is -0.0984. The predicted octanol–water partition coefficient (Wildman–Crippen LogP) is 3.75. The number of carbonyl (C=O) groups is 2. The Labute approximate surface area is 189 Å². The highest BCUT2D eigenvalue weighted by Gasteiger charge is 2.08. The van der Waals surface area contributed by atoms with E-state index < -0.39 is 0 Å². The smallest absolute Gasteiger partial charge is 0.315 e. The van der Waals surface area contributed by atoms with E-state index in [0.29, 0.717) is 18.7 Å². The maximum absolute atomic E-state index is 12.4. The van der Waals surface area contributed by atoms with E-state index in [0.717, 1.165) is 29.8 Å². The predicted molar refractivity (Wildman–Crippen MR) is 126 cm³/mol. The second-order valence-corrected chi connectivity index (χ2v) is 8.06. The molecule has 3 N–H and O–H groups in total. The van der Waals surface area contributed by atoms with Crippen molar-refractivity contribution < 1.29 is 9.59 Å². The molecule has 32 heavy (non-hydrogen) atoms. The number of aromatic nitrogens is 2. The van der Waals surface area contributed by atoms with Crippen molar-refractivity contribution in [2.75, 3.05) is 6.54 Å². The highest BCUT2D eigenvalue weighted by Crippen LogP contribution is 2.13. The summed E-state index contributed by atoms with van der Waals surface area (Å²) in [5, 5.41) is 13.1. The molecule has 1 aromatic heterocycles. The molecule has 1 heterocycles. The second-order valence-electron chi connectivity index (χ2n) is 8.06. The number of urea groups is 1. The van der Waals surface area contributed by atoms with Crippen molar-refractivity contribution in [3.05, 3.63) is 83.2 Å². The molecule has 3 aromatic rings. The van der Waals surface area contributed by atoms with Crippen LogP contribution < -0.4 is 16.0 Å². The lowest BCUT2D eigenvalue weighted by Gasteiger charge is -2.10. The van der Waals surface area contributed by atoms with Gasteiger partial charge in [-0.3, -0.25) is 4.79 Å². The topological polar surface area (TPSA) is 88.1 Å². The Hall–Kier alpha value is -3.61. The van der Waals surface area contributed by atoms with Crippen LogP contribution in [-0.2, 0) is 13.0 Å². The van der Waals surface area contributed by atoms with E-state index in [-0.39, 0.29) is 18.0 Å². The molecule has 0 saturated heterocycles. The lowest BCUT2D eigenvalue weighted by molar-refractivity contribution is 0.0953. The van der Waals surface area contributed by atoms with Crippen molar-refractivity contribution in [2.45, 2.75) is 46.2 Å². The molecule has 0 aliphatic rings. The monoisotopic (exact) mass is 433 g/mol. The van der Waals surface area contributed by atoms with Crippen LogP contribution in [0.15, 0.2) is 60.8 Å². The molecule has 7 heteroatoms. The van der Waals surface area contributed by atoms with Crippen molar-refractivity contribution in [3.8, 4) is 5.69 Å². The maximum atomic E-state index is 12.4. The van der Waals surface area contributed by atoms with Crippen molar-refractivity contribution >= 4 is 11.9 Å². The zero-order valence-electron chi connectivity index (χ0n) is 18.9. The normalized spacial score (nSPS) is 10.8. The average Bonchev–Trinajstić information content (AvgIpc) is 3.16. The first kappa shape index (κ1) is 23.1. The molecule has 0 aliphatic heterocycles. The fraction of sp³-hybridized carbons (Fsp3) is 0.320. The average molecular weight is 434 g/mol. The first-order valence-electron chi connectivity index (χ1n) is 10.9. The molecule has 0 saturated carbocycles. The molecule has 0 bridgehead atoms. The van der Waals surface area contributed by atoms with Gasteiger partial charge in [-0.05, 0) is 69.0 Å². The summed E-state index contributed by atoms with van der Waals surface area (Å²) in [6, 6.07) is 17.2. The van der Waals surface area contributed by atoms with Crippen LogP contribution in [0.25, 0.3) is 5.69 Å². The summed E-state index contributed by atoms with van der Waals surface area (Å²) < 4.78 is 1.89. The third-order valence-electron chi connectivity index (χ3n) is 5.02. The van der Waals surface area contributed by atoms with Gasteiger partial charge in [0.15, 0.2) is 0 Å². The van der Waals surface area contributed by atoms with Gasteiger partial charge in [0.05, 0.1) is 11.4 Å². The highest BCUT2D eigenvalue weighted by atomic mass is 16.2. The van der Waals surface area contributed by atoms with E-state index >= 15 is 0 Å². The molecule has 3 amide bonds. The van der Waals surface area contributed by atoms with Gasteiger partial charge in [0.2, 0.25) is 0 Å². The first-order chi connectivity index (χ1) is 15.4. The van der Waals surface area contributed by atoms with Crippen LogP contribution in [0.4, 0.5) is 4.79 Å². The summed E-state index contributed by atoms with van der Waals surface area (Å²) in [5.41, 5.74) is 4.77. The second kappa shape index (κ2) is 11.1. The Morgan fingerprint density at radius 3 is 2.41 bits per heavy atom. The van der Waals surface area contributed by atoms with E-state index in [4.69, 9.17) is 0 Å². The van der Waals surface area contributed by atoms with Crippen molar-refractivity contribution in [3.63, 3.8) is 0 Å². The molecule has 168 valence electrons. The molecule has 0 radical (unpaired) electrons. The first-order valence-corrected chi connectivity index (χ1v) is 10.9. The van der Waals surface area contributed by atoms with E-state index in [2.05, 4.69) is 27.2 Å². The number of nitrogens with one attached hydrogen (secondary N) is 3. The van der Waals surface area contributed by atoms with Gasteiger partial charge in [0.25, 0.3) is 5.91 Å². The summed E-state index contributed by atoms with van der Waals surface area (Å²) >= 11 is 0. The van der Waals surface area contributed by atoms with E-state index in [1.165, 1.54) is 5.56 Å². The van der Waals surface area contributed by atoms with Crippen LogP contribution in [0, 0.1) is 6.92 Å². The van der Waals surface area contributed by atoms with Crippen molar-refractivity contribution in [1.82, 2.24) is 25.7 Å². The van der Waals surface area contributed by atoms with Gasteiger partial charge in [0, 0.05) is 30.9 Å². The summed E-state index contributed by atoms with van der Waals surface area (Å²) in [4.78, 5) is 24.1. The molecular weight excluding hydrogens is 402 g/mol. The van der Waals surface area contributed by atoms with Crippen LogP contribution in [0.5, 0.6) is 0 Å². The minimum Gasteiger partial charge on any atom is -0.352 e. The molecule has 2 aromatic carbocycles. The Kier molecular flexibility index (Phi) is 8.02. The van der Waals surface area contributed by atoms with Crippen LogP contribution in [0.3, 0.4) is 0 Å². The van der Waals surface area contributed by atoms with Gasteiger partial charge < -0.3 is 16.0 Å². The Bertz CT molecular complexity index is 1030. The van der Waals surface area contributed by atoms with E-state index in [9.17, 15) is 9.59 Å². The number of hydrogen-bond acceptors (Lipinski definition) is 3. The van der Waals surface area contributed by atoms with Gasteiger partial charge >= 0.3 is 6.03 Å². The van der Waals surface area contributed by atoms with Gasteiger partial charge in [-0.25, -0.2) is 9.48 Å². The molecule has 0 fully saturated rings. The molecule has 0 atom stereocenters. The third-order valence-corrected chi connectivity index (χ3v) is 5.02. The Balaban J connectivity index is 1.42. The van der Waals surface area contributed by atoms with Gasteiger partial charge in [-0.1, -0.05) is 30.3 Å². The van der Waals surface area contributed by atoms with Gasteiger partial charge in [-0.15, -0.1) is 0 Å². The lowest BCUT2D eigenvalue weighted by Crippen LogP contribution is -2.39. The maximum Gasteiger partial charge on any atom is 0.315 e. The molecule has 7 nitrogen and oxygen atoms in total. The highest BCUT2D eigenvalue weighted by molar-refractivity contribution is 5.94. The summed E-state index contributed by atoms with van der Waals surface area (Å²) in [6.45, 7) is 6.83. The lowest BCUT2D eigenvalue weighted by atomic mass is 10.1. The number of carbonyl (C=O) groups excluding carboxylic acids is 2. The van der Waals surface area contributed by atoms with Crippen molar-refractivity contribution in [1.29, 1.82) is 0 Å². The van der Waals surface area contributed by atoms with E-state index in [1.54, 1.807) is 12.1 Å². The minimum absolute atomic E-state index is 0.0880. The van der Waals surface area contributed by atoms with Gasteiger partial charge in [-0.2, -0.15) is 5.10 Å². The Morgan fingerprint density at radius 1 is 1.00 bits per heavy atom. The quantitative estimate of drug-likeness (QED) is 0.449. The molecule has 0 unspecified atom stereocenters. The van der Waals surface area contributed by atoms with Crippen LogP contribution >= 0.6 is 0 Å². The summed E-state index contributed by atoms with van der Waals surface area (Å²) in [7, 11) is 0. The number of rotatable bonds is 9. The number of hydrogen-bond donors (Lipinski definition) is 3. The Morgan fingerprint density at radius 2 is 1.72 bits per heavy atom. The SMILES string of the molecule is Cc1nn(-c2ccccc2)cc1CCCNC(=O)c1ccc(CNC(=O)NC(C)C)cc1. The standard InChI is InChI=1S/C25H31N5O2/c1-18(2)28-25(32)27-16-20-11-13-21(14-12-20)24(31)26-15-7-8-22-17-30(29-19(22)3)23-9-5-4-6-10-23/h4-6,9-14,17-18H,7-8,15-16H2,1-3H3,(H,26,31)(H2,27,28,32). The zero-order chi connectivity index (χ0) is 22.9. The molecule has 3 rings (SSSR count). The minimum atomic E-state index is -0.202. The van der Waals surface area contributed by atoms with Crippen LogP contribution in [0.1, 0.15) is 47.4 Å². The number of benzene rings is 2. The third kappa shape index (κ3) is 6.70. The largest absolute Gasteiger partial charge is 0.352 e. The molecular formula is C25H31N5O2. The fourth-order valence-electron chi connectivity index (χ4n) is 3.31. The fourth-order valence-corrected chi connectivity index (χ4v) is 3.31. The van der Waals surface area contributed by atoms with Crippen LogP contribution in [-0.4, -0.2) is 34.3 Å². The zero-order valence-corrected chi connectivity index (χ0v) is 18.9.